The Balaban J connectivity index is 1.86. The summed E-state index contributed by atoms with van der Waals surface area (Å²) in [6.07, 6.45) is 4.63. The van der Waals surface area contributed by atoms with Crippen LogP contribution in [0.25, 0.3) is 0 Å². The molecule has 1 saturated heterocycles. The van der Waals surface area contributed by atoms with Gasteiger partial charge in [-0.05, 0) is 66.2 Å². The predicted molar refractivity (Wildman–Crippen MR) is 80.3 cm³/mol. The molecule has 3 nitrogen and oxygen atoms in total. The average molecular weight is 344 g/mol. The van der Waals surface area contributed by atoms with Crippen LogP contribution in [-0.2, 0) is 9.53 Å². The molecule has 0 bridgehead atoms. The van der Waals surface area contributed by atoms with Gasteiger partial charge in [0.2, 0.25) is 5.91 Å². The monoisotopic (exact) mass is 343 g/mol. The molecule has 0 aliphatic carbocycles. The van der Waals surface area contributed by atoms with Gasteiger partial charge in [0.05, 0.1) is 10.6 Å². The Bertz CT molecular complexity index is 487. The standard InChI is InChI=1S/C15H19BrFNO2/c1-10-8-12(16)13(17)9-14(10)18-15(19)6-5-11-4-2-3-7-20-11/h8-9,11H,2-7H2,1H3,(H,18,19). The van der Waals surface area contributed by atoms with Crippen LogP contribution in [0.15, 0.2) is 16.6 Å². The Labute approximate surface area is 127 Å². The van der Waals surface area contributed by atoms with E-state index in [9.17, 15) is 9.18 Å². The summed E-state index contributed by atoms with van der Waals surface area (Å²) in [5.41, 5.74) is 1.36. The Morgan fingerprint density at radius 2 is 2.30 bits per heavy atom. The SMILES string of the molecule is Cc1cc(Br)c(F)cc1NC(=O)CCC1CCCCO1. The summed E-state index contributed by atoms with van der Waals surface area (Å²) in [4.78, 5) is 11.9. The highest BCUT2D eigenvalue weighted by atomic mass is 79.9. The molecule has 5 heteroatoms. The highest BCUT2D eigenvalue weighted by molar-refractivity contribution is 9.10. The molecule has 20 heavy (non-hydrogen) atoms. The van der Waals surface area contributed by atoms with Gasteiger partial charge in [0, 0.05) is 18.7 Å². The maximum atomic E-state index is 13.5. The maximum absolute atomic E-state index is 13.5. The summed E-state index contributed by atoms with van der Waals surface area (Å²) in [5, 5.41) is 2.76. The number of halogens is 2. The number of carbonyl (C=O) groups excluding carboxylic acids is 1. The molecule has 0 radical (unpaired) electrons. The fourth-order valence-electron chi connectivity index (χ4n) is 2.32. The number of anilines is 1. The molecule has 1 fully saturated rings. The smallest absolute Gasteiger partial charge is 0.224 e. The quantitative estimate of drug-likeness (QED) is 0.890. The second-order valence-electron chi connectivity index (χ2n) is 5.16. The fraction of sp³-hybridized carbons (Fsp3) is 0.533. The van der Waals surface area contributed by atoms with Gasteiger partial charge in [0.1, 0.15) is 5.82 Å². The molecule has 1 heterocycles. The molecule has 110 valence electrons. The first kappa shape index (κ1) is 15.4. The molecule has 0 saturated carbocycles. The number of carbonyl (C=O) groups is 1. The minimum atomic E-state index is -0.374. The molecule has 1 aliphatic rings. The zero-order chi connectivity index (χ0) is 14.5. The lowest BCUT2D eigenvalue weighted by Gasteiger charge is -2.22. The summed E-state index contributed by atoms with van der Waals surface area (Å²) >= 11 is 3.12. The van der Waals surface area contributed by atoms with Crippen molar-refractivity contribution in [3.63, 3.8) is 0 Å². The molecular formula is C15H19BrFNO2. The number of benzene rings is 1. The topological polar surface area (TPSA) is 38.3 Å². The van der Waals surface area contributed by atoms with E-state index in [0.29, 0.717) is 16.6 Å². The maximum Gasteiger partial charge on any atom is 0.224 e. The van der Waals surface area contributed by atoms with Crippen LogP contribution < -0.4 is 5.32 Å². The second kappa shape index (κ2) is 7.18. The van der Waals surface area contributed by atoms with Gasteiger partial charge in [-0.15, -0.1) is 0 Å². The molecule has 2 rings (SSSR count). The zero-order valence-corrected chi connectivity index (χ0v) is 13.1. The first-order valence-corrected chi connectivity index (χ1v) is 7.72. The molecular weight excluding hydrogens is 325 g/mol. The summed E-state index contributed by atoms with van der Waals surface area (Å²) < 4.78 is 19.5. The third-order valence-electron chi connectivity index (χ3n) is 3.51. The van der Waals surface area contributed by atoms with E-state index in [-0.39, 0.29) is 17.8 Å². The number of ether oxygens (including phenoxy) is 1. The van der Waals surface area contributed by atoms with Crippen molar-refractivity contribution in [3.05, 3.63) is 28.0 Å². The molecule has 1 N–H and O–H groups in total. The Kier molecular flexibility index (Phi) is 5.54. The van der Waals surface area contributed by atoms with Crippen LogP contribution in [-0.4, -0.2) is 18.6 Å². The summed E-state index contributed by atoms with van der Waals surface area (Å²) in [7, 11) is 0. The minimum Gasteiger partial charge on any atom is -0.378 e. The Morgan fingerprint density at radius 3 is 3.00 bits per heavy atom. The van der Waals surface area contributed by atoms with E-state index in [2.05, 4.69) is 21.2 Å². The van der Waals surface area contributed by atoms with Crippen molar-refractivity contribution in [1.82, 2.24) is 0 Å². The van der Waals surface area contributed by atoms with Gasteiger partial charge in [0.15, 0.2) is 0 Å². The van der Waals surface area contributed by atoms with Crippen molar-refractivity contribution >= 4 is 27.5 Å². The zero-order valence-electron chi connectivity index (χ0n) is 11.5. The third-order valence-corrected chi connectivity index (χ3v) is 4.12. The van der Waals surface area contributed by atoms with Gasteiger partial charge in [-0.25, -0.2) is 4.39 Å². The lowest BCUT2D eigenvalue weighted by Crippen LogP contribution is -2.22. The van der Waals surface area contributed by atoms with E-state index in [4.69, 9.17) is 4.74 Å². The van der Waals surface area contributed by atoms with E-state index >= 15 is 0 Å². The van der Waals surface area contributed by atoms with Gasteiger partial charge >= 0.3 is 0 Å². The average Bonchev–Trinajstić information content (AvgIpc) is 2.44. The van der Waals surface area contributed by atoms with Gasteiger partial charge in [-0.1, -0.05) is 0 Å². The van der Waals surface area contributed by atoms with E-state index in [1.807, 2.05) is 6.92 Å². The van der Waals surface area contributed by atoms with Crippen molar-refractivity contribution in [2.75, 3.05) is 11.9 Å². The number of hydrogen-bond acceptors (Lipinski definition) is 2. The molecule has 1 amide bonds. The second-order valence-corrected chi connectivity index (χ2v) is 6.01. The van der Waals surface area contributed by atoms with Crippen LogP contribution in [0.5, 0.6) is 0 Å². The highest BCUT2D eigenvalue weighted by Crippen LogP contribution is 2.24. The number of hydrogen-bond donors (Lipinski definition) is 1. The molecule has 1 aliphatic heterocycles. The van der Waals surface area contributed by atoms with E-state index in [0.717, 1.165) is 31.4 Å². The van der Waals surface area contributed by atoms with E-state index in [1.54, 1.807) is 6.07 Å². The fourth-order valence-corrected chi connectivity index (χ4v) is 2.78. The lowest BCUT2D eigenvalue weighted by atomic mass is 10.0. The van der Waals surface area contributed by atoms with Crippen molar-refractivity contribution < 1.29 is 13.9 Å². The first-order chi connectivity index (χ1) is 9.56. The third kappa shape index (κ3) is 4.28. The highest BCUT2D eigenvalue weighted by Gasteiger charge is 2.16. The number of aryl methyl sites for hydroxylation is 1. The van der Waals surface area contributed by atoms with E-state index < -0.39 is 0 Å². The summed E-state index contributed by atoms with van der Waals surface area (Å²) in [5.74, 6) is -0.467. The molecule has 1 atom stereocenters. The van der Waals surface area contributed by atoms with Gasteiger partial charge in [-0.2, -0.15) is 0 Å². The molecule has 1 aromatic rings. The van der Waals surface area contributed by atoms with Crippen LogP contribution in [0.3, 0.4) is 0 Å². The lowest BCUT2D eigenvalue weighted by molar-refractivity contribution is -0.117. The minimum absolute atomic E-state index is 0.0935. The molecule has 1 aromatic carbocycles. The van der Waals surface area contributed by atoms with Crippen LogP contribution in [0, 0.1) is 12.7 Å². The Morgan fingerprint density at radius 1 is 1.50 bits per heavy atom. The largest absolute Gasteiger partial charge is 0.378 e. The molecule has 0 aromatic heterocycles. The van der Waals surface area contributed by atoms with Crippen molar-refractivity contribution in [3.8, 4) is 0 Å². The van der Waals surface area contributed by atoms with Gasteiger partial charge in [0.25, 0.3) is 0 Å². The summed E-state index contributed by atoms with van der Waals surface area (Å²) in [6.45, 7) is 2.63. The van der Waals surface area contributed by atoms with Crippen molar-refractivity contribution in [2.45, 2.75) is 45.1 Å². The van der Waals surface area contributed by atoms with Crippen LogP contribution in [0.4, 0.5) is 10.1 Å². The van der Waals surface area contributed by atoms with Crippen LogP contribution in [0.1, 0.15) is 37.7 Å². The van der Waals surface area contributed by atoms with E-state index in [1.165, 1.54) is 12.5 Å². The van der Waals surface area contributed by atoms with Crippen LogP contribution in [0.2, 0.25) is 0 Å². The van der Waals surface area contributed by atoms with Gasteiger partial charge < -0.3 is 10.1 Å². The first-order valence-electron chi connectivity index (χ1n) is 6.93. The molecule has 0 spiro atoms. The van der Waals surface area contributed by atoms with Crippen LogP contribution >= 0.6 is 15.9 Å². The predicted octanol–water partition coefficient (Wildman–Crippen LogP) is 4.18. The molecule has 1 unspecified atom stereocenters. The number of nitrogens with one attached hydrogen (secondary N) is 1. The number of rotatable bonds is 4. The van der Waals surface area contributed by atoms with Gasteiger partial charge in [-0.3, -0.25) is 4.79 Å². The van der Waals surface area contributed by atoms with Crippen molar-refractivity contribution in [2.24, 2.45) is 0 Å². The summed E-state index contributed by atoms with van der Waals surface area (Å²) in [6, 6.07) is 3.00. The normalized spacial score (nSPS) is 18.9. The number of amides is 1. The van der Waals surface area contributed by atoms with Crippen molar-refractivity contribution in [1.29, 1.82) is 0 Å². The Hall–Kier alpha value is -0.940.